The second-order valence-corrected chi connectivity index (χ2v) is 7.02. The molecule has 0 aliphatic heterocycles. The Morgan fingerprint density at radius 1 is 0.615 bits per heavy atom. The van der Waals surface area contributed by atoms with E-state index in [0.717, 1.165) is 0 Å². The van der Waals surface area contributed by atoms with Crippen LogP contribution in [0.3, 0.4) is 0 Å². The average molecular weight is 246 g/mol. The van der Waals surface area contributed by atoms with Crippen LogP contribution in [0.2, 0.25) is 10.4 Å². The zero-order chi connectivity index (χ0) is 9.78. The Bertz CT molecular complexity index is 71.2. The van der Waals surface area contributed by atoms with Crippen molar-refractivity contribution in [2.45, 2.75) is 75.6 Å². The summed E-state index contributed by atoms with van der Waals surface area (Å²) in [6.45, 7) is 4.59. The van der Waals surface area contributed by atoms with Crippen LogP contribution >= 0.6 is 0 Å². The maximum atomic E-state index is 2.29. The molecule has 0 aromatic carbocycles. The van der Waals surface area contributed by atoms with Crippen LogP contribution in [0.1, 0.15) is 65.2 Å². The first-order chi connectivity index (χ1) is 6.41. The summed E-state index contributed by atoms with van der Waals surface area (Å²) in [4.78, 5) is 0. The van der Waals surface area contributed by atoms with Gasteiger partial charge in [0.15, 0.2) is 0 Å². The molecule has 0 aromatic rings. The second kappa shape index (κ2) is 12.6. The van der Waals surface area contributed by atoms with Gasteiger partial charge in [-0.2, -0.15) is 0 Å². The Balaban J connectivity index is 2.76. The van der Waals surface area contributed by atoms with Gasteiger partial charge >= 0.3 is 91.4 Å². The molecule has 80 valence electrons. The van der Waals surface area contributed by atoms with Crippen LogP contribution < -0.4 is 0 Å². The van der Waals surface area contributed by atoms with Crippen molar-refractivity contribution in [3.05, 3.63) is 0 Å². The Labute approximate surface area is 91.6 Å². The fraction of sp³-hybridized carbons (Fsp3) is 1.00. The molecule has 0 atom stereocenters. The van der Waals surface area contributed by atoms with Gasteiger partial charge in [-0.25, -0.2) is 0 Å². The molecular formula is C12H27As. The first-order valence-corrected chi connectivity index (χ1v) is 9.09. The van der Waals surface area contributed by atoms with E-state index < -0.39 is 0 Å². The van der Waals surface area contributed by atoms with Crippen LogP contribution in [0, 0.1) is 0 Å². The van der Waals surface area contributed by atoms with E-state index in [1.165, 1.54) is 51.4 Å². The molecule has 0 amide bonds. The third-order valence-electron chi connectivity index (χ3n) is 2.41. The van der Waals surface area contributed by atoms with Crippen LogP contribution in [0.5, 0.6) is 0 Å². The van der Waals surface area contributed by atoms with Crippen LogP contribution in [-0.4, -0.2) is 15.8 Å². The normalized spacial score (nSPS) is 10.6. The van der Waals surface area contributed by atoms with E-state index in [9.17, 15) is 0 Å². The number of hydrogen-bond acceptors (Lipinski definition) is 0. The van der Waals surface area contributed by atoms with E-state index >= 15 is 0 Å². The van der Waals surface area contributed by atoms with Crippen molar-refractivity contribution in [2.75, 3.05) is 0 Å². The molecule has 13 heavy (non-hydrogen) atoms. The molecule has 0 saturated carbocycles. The third kappa shape index (κ3) is 12.6. The van der Waals surface area contributed by atoms with Crippen LogP contribution in [-0.2, 0) is 0 Å². The third-order valence-corrected chi connectivity index (χ3v) is 5.38. The van der Waals surface area contributed by atoms with Crippen molar-refractivity contribution >= 4 is 15.8 Å². The van der Waals surface area contributed by atoms with Gasteiger partial charge in [-0.05, 0) is 0 Å². The molecule has 0 bridgehead atoms. The summed E-state index contributed by atoms with van der Waals surface area (Å²) >= 11 is 0.468. The molecule has 0 heterocycles. The predicted molar refractivity (Wildman–Crippen MR) is 65.0 cm³/mol. The molecule has 0 rings (SSSR count). The summed E-state index contributed by atoms with van der Waals surface area (Å²) in [5, 5.41) is 3.21. The second-order valence-electron chi connectivity index (χ2n) is 3.87. The Kier molecular flexibility index (Phi) is 13.1. The van der Waals surface area contributed by atoms with Crippen molar-refractivity contribution in [2.24, 2.45) is 0 Å². The van der Waals surface area contributed by atoms with E-state index in [1.54, 1.807) is 10.4 Å². The Morgan fingerprint density at radius 3 is 1.46 bits per heavy atom. The van der Waals surface area contributed by atoms with Crippen molar-refractivity contribution in [1.82, 2.24) is 0 Å². The van der Waals surface area contributed by atoms with Gasteiger partial charge in [-0.3, -0.25) is 0 Å². The van der Waals surface area contributed by atoms with Crippen molar-refractivity contribution < 1.29 is 0 Å². The maximum absolute atomic E-state index is 2.29. The van der Waals surface area contributed by atoms with E-state index in [2.05, 4.69) is 13.8 Å². The molecule has 0 aliphatic carbocycles. The molecule has 0 radical (unpaired) electrons. The molecule has 0 unspecified atom stereocenters. The number of unbranched alkanes of at least 4 members (excludes halogenated alkanes) is 6. The van der Waals surface area contributed by atoms with Crippen LogP contribution in [0.4, 0.5) is 0 Å². The van der Waals surface area contributed by atoms with Crippen molar-refractivity contribution in [3.8, 4) is 0 Å². The van der Waals surface area contributed by atoms with Gasteiger partial charge in [0.25, 0.3) is 0 Å². The van der Waals surface area contributed by atoms with E-state index in [0.29, 0.717) is 15.8 Å². The first kappa shape index (κ1) is 13.6. The first-order valence-electron chi connectivity index (χ1n) is 6.12. The number of hydrogen-bond donors (Lipinski definition) is 0. The SMILES string of the molecule is CCCCCC[AsH]CCCCCC. The fourth-order valence-electron chi connectivity index (χ4n) is 1.48. The van der Waals surface area contributed by atoms with E-state index in [-0.39, 0.29) is 0 Å². The topological polar surface area (TPSA) is 0 Å². The van der Waals surface area contributed by atoms with Crippen molar-refractivity contribution in [3.63, 3.8) is 0 Å². The van der Waals surface area contributed by atoms with Crippen LogP contribution in [0.25, 0.3) is 0 Å². The summed E-state index contributed by atoms with van der Waals surface area (Å²) < 4.78 is 0. The van der Waals surface area contributed by atoms with Gasteiger partial charge in [-0.15, -0.1) is 0 Å². The summed E-state index contributed by atoms with van der Waals surface area (Å²) in [6.07, 6.45) is 11.7. The predicted octanol–water partition coefficient (Wildman–Crippen LogP) is 4.42. The van der Waals surface area contributed by atoms with Crippen LogP contribution in [0.15, 0.2) is 0 Å². The molecular weight excluding hydrogens is 219 g/mol. The molecule has 0 N–H and O–H groups in total. The van der Waals surface area contributed by atoms with Gasteiger partial charge in [0, 0.05) is 0 Å². The summed E-state index contributed by atoms with van der Waals surface area (Å²) in [5.74, 6) is 0. The number of rotatable bonds is 10. The molecule has 0 fully saturated rings. The van der Waals surface area contributed by atoms with Gasteiger partial charge in [0.05, 0.1) is 0 Å². The zero-order valence-corrected chi connectivity index (χ0v) is 11.7. The zero-order valence-electron chi connectivity index (χ0n) is 9.57. The van der Waals surface area contributed by atoms with E-state index in [1.807, 2.05) is 0 Å². The van der Waals surface area contributed by atoms with Gasteiger partial charge < -0.3 is 0 Å². The van der Waals surface area contributed by atoms with Gasteiger partial charge in [-0.1, -0.05) is 0 Å². The molecule has 0 nitrogen and oxygen atoms in total. The fourth-order valence-corrected chi connectivity index (χ4v) is 4.10. The summed E-state index contributed by atoms with van der Waals surface area (Å²) in [7, 11) is 0. The molecule has 1 heteroatoms. The molecule has 0 aliphatic rings. The summed E-state index contributed by atoms with van der Waals surface area (Å²) in [6, 6.07) is 0. The minimum absolute atomic E-state index is 0.468. The Hall–Kier alpha value is 0.558. The van der Waals surface area contributed by atoms with Gasteiger partial charge in [0.2, 0.25) is 0 Å². The quantitative estimate of drug-likeness (QED) is 0.395. The molecule has 0 saturated heterocycles. The standard InChI is InChI=1S/C12H27As/c1-3-5-7-9-11-13-12-10-8-6-4-2/h13H,3-12H2,1-2H3. The summed E-state index contributed by atoms with van der Waals surface area (Å²) in [5.41, 5.74) is 0. The monoisotopic (exact) mass is 246 g/mol. The molecule has 0 spiro atoms. The van der Waals surface area contributed by atoms with Gasteiger partial charge in [0.1, 0.15) is 0 Å². The van der Waals surface area contributed by atoms with Crippen molar-refractivity contribution in [1.29, 1.82) is 0 Å². The minimum atomic E-state index is 0.468. The van der Waals surface area contributed by atoms with E-state index in [4.69, 9.17) is 0 Å². The Morgan fingerprint density at radius 2 is 1.08 bits per heavy atom. The molecule has 0 aromatic heterocycles. The average Bonchev–Trinajstić information content (AvgIpc) is 2.16.